The molecule has 0 amide bonds. The van der Waals surface area contributed by atoms with Gasteiger partial charge in [0, 0.05) is 11.4 Å². The van der Waals surface area contributed by atoms with Crippen LogP contribution in [-0.2, 0) is 6.54 Å². The molecule has 0 spiro atoms. The van der Waals surface area contributed by atoms with E-state index in [4.69, 9.17) is 16.6 Å². The van der Waals surface area contributed by atoms with Crippen molar-refractivity contribution in [2.45, 2.75) is 43.6 Å². The van der Waals surface area contributed by atoms with E-state index < -0.39 is 0 Å². The molecule has 0 saturated heterocycles. The predicted octanol–water partition coefficient (Wildman–Crippen LogP) is 4.28. The molecule has 1 saturated carbocycles. The number of benzene rings is 1. The lowest BCUT2D eigenvalue weighted by Gasteiger charge is -2.34. The van der Waals surface area contributed by atoms with Crippen LogP contribution in [0.1, 0.15) is 30.7 Å². The van der Waals surface area contributed by atoms with Gasteiger partial charge in [-0.2, -0.15) is 0 Å². The summed E-state index contributed by atoms with van der Waals surface area (Å²) in [5.74, 6) is 0. The molecule has 2 atom stereocenters. The van der Waals surface area contributed by atoms with Gasteiger partial charge in [0.25, 0.3) is 0 Å². The second-order valence-electron chi connectivity index (χ2n) is 5.36. The molecule has 4 heteroatoms. The van der Waals surface area contributed by atoms with E-state index in [0.29, 0.717) is 11.4 Å². The summed E-state index contributed by atoms with van der Waals surface area (Å²) in [7, 11) is 2.18. The van der Waals surface area contributed by atoms with E-state index in [-0.39, 0.29) is 0 Å². The van der Waals surface area contributed by atoms with Crippen LogP contribution in [0.25, 0.3) is 10.2 Å². The van der Waals surface area contributed by atoms with Crippen LogP contribution in [0.15, 0.2) is 24.3 Å². The average molecular weight is 295 g/mol. The van der Waals surface area contributed by atoms with Gasteiger partial charge in [0.1, 0.15) is 5.01 Å². The molecule has 1 fully saturated rings. The zero-order chi connectivity index (χ0) is 13.2. The normalized spacial score (nSPS) is 24.2. The average Bonchev–Trinajstić information content (AvgIpc) is 2.81. The summed E-state index contributed by atoms with van der Waals surface area (Å²) < 4.78 is 1.27. The summed E-state index contributed by atoms with van der Waals surface area (Å²) in [5, 5.41) is 1.49. The number of thiazole rings is 1. The minimum absolute atomic E-state index is 0.299. The van der Waals surface area contributed by atoms with Crippen LogP contribution in [0, 0.1) is 0 Å². The fourth-order valence-corrected chi connectivity index (χ4v) is 4.38. The molecule has 0 N–H and O–H groups in total. The summed E-state index contributed by atoms with van der Waals surface area (Å²) in [5.41, 5.74) is 1.11. The first-order valence-corrected chi connectivity index (χ1v) is 8.18. The first-order chi connectivity index (χ1) is 9.24. The van der Waals surface area contributed by atoms with E-state index in [1.54, 1.807) is 11.3 Å². The maximum Gasteiger partial charge on any atom is 0.108 e. The maximum absolute atomic E-state index is 6.46. The van der Waals surface area contributed by atoms with Crippen molar-refractivity contribution in [3.63, 3.8) is 0 Å². The third-order valence-corrected chi connectivity index (χ3v) is 5.47. The Bertz CT molecular complexity index is 521. The standard InChI is InChI=1S/C15H19ClN2S/c1-18(13-8-4-2-6-11(13)16)10-15-17-12-7-3-5-9-14(12)19-15/h3,5,7,9,11,13H,2,4,6,8,10H2,1H3. The van der Waals surface area contributed by atoms with Gasteiger partial charge in [0.05, 0.1) is 16.8 Å². The monoisotopic (exact) mass is 294 g/mol. The zero-order valence-corrected chi connectivity index (χ0v) is 12.8. The van der Waals surface area contributed by atoms with Crippen LogP contribution in [-0.4, -0.2) is 28.4 Å². The van der Waals surface area contributed by atoms with Crippen molar-refractivity contribution < 1.29 is 0 Å². The molecule has 2 aromatic rings. The molecule has 3 rings (SSSR count). The van der Waals surface area contributed by atoms with Gasteiger partial charge in [-0.05, 0) is 32.0 Å². The smallest absolute Gasteiger partial charge is 0.108 e. The number of hydrogen-bond donors (Lipinski definition) is 0. The Balaban J connectivity index is 1.73. The molecule has 1 aliphatic rings. The number of aromatic nitrogens is 1. The highest BCUT2D eigenvalue weighted by molar-refractivity contribution is 7.18. The molecule has 1 aromatic carbocycles. The Morgan fingerprint density at radius 3 is 2.89 bits per heavy atom. The van der Waals surface area contributed by atoms with E-state index in [1.165, 1.54) is 29.0 Å². The van der Waals surface area contributed by atoms with Crippen LogP contribution in [0.3, 0.4) is 0 Å². The van der Waals surface area contributed by atoms with E-state index in [9.17, 15) is 0 Å². The van der Waals surface area contributed by atoms with Crippen molar-refractivity contribution in [3.05, 3.63) is 29.3 Å². The summed E-state index contributed by atoms with van der Waals surface area (Å²) in [6.45, 7) is 0.910. The summed E-state index contributed by atoms with van der Waals surface area (Å²) in [6, 6.07) is 8.85. The third kappa shape index (κ3) is 2.93. The van der Waals surface area contributed by atoms with Gasteiger partial charge < -0.3 is 0 Å². The SMILES string of the molecule is CN(Cc1nc2ccccc2s1)C1CCCCC1Cl. The quantitative estimate of drug-likeness (QED) is 0.786. The van der Waals surface area contributed by atoms with Crippen LogP contribution < -0.4 is 0 Å². The van der Waals surface area contributed by atoms with Crippen molar-refractivity contribution in [1.82, 2.24) is 9.88 Å². The lowest BCUT2D eigenvalue weighted by molar-refractivity contribution is 0.188. The number of rotatable bonds is 3. The molecule has 0 radical (unpaired) electrons. The fourth-order valence-electron chi connectivity index (χ4n) is 2.88. The highest BCUT2D eigenvalue weighted by Gasteiger charge is 2.27. The second kappa shape index (κ2) is 5.78. The molecular formula is C15H19ClN2S. The Morgan fingerprint density at radius 2 is 2.11 bits per heavy atom. The molecule has 2 unspecified atom stereocenters. The number of fused-ring (bicyclic) bond motifs is 1. The van der Waals surface area contributed by atoms with Crippen molar-refractivity contribution in [2.24, 2.45) is 0 Å². The second-order valence-corrected chi connectivity index (χ2v) is 7.03. The van der Waals surface area contributed by atoms with Gasteiger partial charge in [-0.25, -0.2) is 4.98 Å². The molecule has 1 aliphatic carbocycles. The van der Waals surface area contributed by atoms with Gasteiger partial charge in [-0.15, -0.1) is 22.9 Å². The van der Waals surface area contributed by atoms with Gasteiger partial charge in [0.15, 0.2) is 0 Å². The largest absolute Gasteiger partial charge is 0.295 e. The number of halogens is 1. The Hall–Kier alpha value is -0.640. The Morgan fingerprint density at radius 1 is 1.32 bits per heavy atom. The molecular weight excluding hydrogens is 276 g/mol. The Labute approximate surface area is 123 Å². The highest BCUT2D eigenvalue weighted by Crippen LogP contribution is 2.29. The molecule has 0 aliphatic heterocycles. The van der Waals surface area contributed by atoms with Crippen molar-refractivity contribution in [1.29, 1.82) is 0 Å². The highest BCUT2D eigenvalue weighted by atomic mass is 35.5. The van der Waals surface area contributed by atoms with E-state index in [2.05, 4.69) is 30.1 Å². The summed E-state index contributed by atoms with van der Waals surface area (Å²) in [6.07, 6.45) is 4.95. The van der Waals surface area contributed by atoms with Crippen LogP contribution in [0.2, 0.25) is 0 Å². The molecule has 102 valence electrons. The number of alkyl halides is 1. The van der Waals surface area contributed by atoms with Crippen molar-refractivity contribution >= 4 is 33.2 Å². The number of para-hydroxylation sites is 1. The molecule has 1 aromatic heterocycles. The van der Waals surface area contributed by atoms with E-state index >= 15 is 0 Å². The van der Waals surface area contributed by atoms with E-state index in [0.717, 1.165) is 18.5 Å². The topological polar surface area (TPSA) is 16.1 Å². The third-order valence-electron chi connectivity index (χ3n) is 3.94. The molecule has 0 bridgehead atoms. The first-order valence-electron chi connectivity index (χ1n) is 6.93. The van der Waals surface area contributed by atoms with Crippen LogP contribution in [0.4, 0.5) is 0 Å². The van der Waals surface area contributed by atoms with Crippen LogP contribution in [0.5, 0.6) is 0 Å². The zero-order valence-electron chi connectivity index (χ0n) is 11.2. The Kier molecular flexibility index (Phi) is 4.06. The predicted molar refractivity (Wildman–Crippen MR) is 83.0 cm³/mol. The minimum atomic E-state index is 0.299. The lowest BCUT2D eigenvalue weighted by Crippen LogP contribution is -2.40. The molecule has 1 heterocycles. The minimum Gasteiger partial charge on any atom is -0.295 e. The number of hydrogen-bond acceptors (Lipinski definition) is 3. The fraction of sp³-hybridized carbons (Fsp3) is 0.533. The number of nitrogens with zero attached hydrogens (tertiary/aromatic N) is 2. The van der Waals surface area contributed by atoms with E-state index in [1.807, 2.05) is 6.07 Å². The summed E-state index contributed by atoms with van der Waals surface area (Å²) >= 11 is 8.26. The molecule has 2 nitrogen and oxygen atoms in total. The first kappa shape index (κ1) is 13.3. The van der Waals surface area contributed by atoms with Gasteiger partial charge in [-0.3, -0.25) is 4.90 Å². The van der Waals surface area contributed by atoms with Gasteiger partial charge in [0.2, 0.25) is 0 Å². The maximum atomic E-state index is 6.46. The van der Waals surface area contributed by atoms with Crippen molar-refractivity contribution in [3.8, 4) is 0 Å². The van der Waals surface area contributed by atoms with Gasteiger partial charge >= 0.3 is 0 Å². The van der Waals surface area contributed by atoms with Crippen LogP contribution >= 0.6 is 22.9 Å². The van der Waals surface area contributed by atoms with Crippen molar-refractivity contribution in [2.75, 3.05) is 7.05 Å². The molecule has 19 heavy (non-hydrogen) atoms. The summed E-state index contributed by atoms with van der Waals surface area (Å²) in [4.78, 5) is 7.09. The lowest BCUT2D eigenvalue weighted by atomic mass is 9.94. The van der Waals surface area contributed by atoms with Gasteiger partial charge in [-0.1, -0.05) is 25.0 Å².